The molecule has 0 aromatic rings. The number of hydrogen-bond acceptors (Lipinski definition) is 2. The summed E-state index contributed by atoms with van der Waals surface area (Å²) in [5.41, 5.74) is 0. The number of carboxylic acid groups (broad SMARTS) is 1. The first-order valence-corrected chi connectivity index (χ1v) is 6.21. The Morgan fingerprint density at radius 1 is 1.29 bits per heavy atom. The Labute approximate surface area is 102 Å². The zero-order chi connectivity index (χ0) is 13.0. The number of likely N-dealkylation sites (tertiary alicyclic amines) is 1. The van der Waals surface area contributed by atoms with Crippen molar-refractivity contribution in [1.82, 2.24) is 9.80 Å². The standard InChI is InChI=1S/C12H22N2O3/c1-4-13(6-5-11(15)16)12(17)14-7-9(2)10(3)8-14/h9-10H,4-8H2,1-3H3,(H,15,16). The van der Waals surface area contributed by atoms with E-state index in [0.717, 1.165) is 13.1 Å². The van der Waals surface area contributed by atoms with Gasteiger partial charge in [0.2, 0.25) is 0 Å². The van der Waals surface area contributed by atoms with Crippen molar-refractivity contribution < 1.29 is 14.7 Å². The van der Waals surface area contributed by atoms with Crippen LogP contribution in [0.1, 0.15) is 27.2 Å². The summed E-state index contributed by atoms with van der Waals surface area (Å²) in [6, 6.07) is -0.0232. The van der Waals surface area contributed by atoms with Crippen LogP contribution < -0.4 is 0 Å². The van der Waals surface area contributed by atoms with Crippen molar-refractivity contribution in [3.05, 3.63) is 0 Å². The van der Waals surface area contributed by atoms with E-state index >= 15 is 0 Å². The highest BCUT2D eigenvalue weighted by Gasteiger charge is 2.31. The van der Waals surface area contributed by atoms with E-state index in [-0.39, 0.29) is 12.5 Å². The van der Waals surface area contributed by atoms with Crippen LogP contribution in [0, 0.1) is 11.8 Å². The van der Waals surface area contributed by atoms with Crippen molar-refractivity contribution in [2.24, 2.45) is 11.8 Å². The predicted molar refractivity (Wildman–Crippen MR) is 64.8 cm³/mol. The molecule has 1 heterocycles. The highest BCUT2D eigenvalue weighted by atomic mass is 16.4. The third kappa shape index (κ3) is 3.61. The van der Waals surface area contributed by atoms with Gasteiger partial charge in [-0.15, -0.1) is 0 Å². The van der Waals surface area contributed by atoms with E-state index in [4.69, 9.17) is 5.11 Å². The van der Waals surface area contributed by atoms with E-state index in [2.05, 4.69) is 13.8 Å². The van der Waals surface area contributed by atoms with Crippen molar-refractivity contribution >= 4 is 12.0 Å². The molecule has 5 nitrogen and oxygen atoms in total. The summed E-state index contributed by atoms with van der Waals surface area (Å²) < 4.78 is 0. The molecule has 2 amide bonds. The number of aliphatic carboxylic acids is 1. The Kier molecular flexibility index (Phi) is 4.78. The van der Waals surface area contributed by atoms with Gasteiger partial charge < -0.3 is 14.9 Å². The minimum atomic E-state index is -0.862. The van der Waals surface area contributed by atoms with Gasteiger partial charge in [-0.05, 0) is 18.8 Å². The van der Waals surface area contributed by atoms with Crippen molar-refractivity contribution in [2.75, 3.05) is 26.2 Å². The molecule has 1 aliphatic rings. The smallest absolute Gasteiger partial charge is 0.320 e. The molecule has 5 heteroatoms. The number of hydrogen-bond donors (Lipinski definition) is 1. The largest absolute Gasteiger partial charge is 0.481 e. The van der Waals surface area contributed by atoms with Crippen LogP contribution in [0.15, 0.2) is 0 Å². The summed E-state index contributed by atoms with van der Waals surface area (Å²) in [5, 5.41) is 8.64. The fourth-order valence-electron chi connectivity index (χ4n) is 2.11. The fourth-order valence-corrected chi connectivity index (χ4v) is 2.11. The van der Waals surface area contributed by atoms with Gasteiger partial charge in [0.25, 0.3) is 0 Å². The highest BCUT2D eigenvalue weighted by Crippen LogP contribution is 2.23. The molecule has 1 N–H and O–H groups in total. The van der Waals surface area contributed by atoms with E-state index in [1.807, 2.05) is 11.8 Å². The molecule has 0 radical (unpaired) electrons. The second-order valence-electron chi connectivity index (χ2n) is 4.87. The number of urea groups is 1. The maximum atomic E-state index is 12.1. The monoisotopic (exact) mass is 242 g/mol. The van der Waals surface area contributed by atoms with Crippen LogP contribution in [-0.2, 0) is 4.79 Å². The predicted octanol–water partition coefficient (Wildman–Crippen LogP) is 1.49. The Morgan fingerprint density at radius 3 is 2.24 bits per heavy atom. The van der Waals surface area contributed by atoms with E-state index < -0.39 is 5.97 Å². The van der Waals surface area contributed by atoms with E-state index in [1.54, 1.807) is 4.90 Å². The molecule has 1 fully saturated rings. The van der Waals surface area contributed by atoms with E-state index in [1.165, 1.54) is 0 Å². The Bertz CT molecular complexity index is 283. The minimum absolute atomic E-state index is 0.0124. The SMILES string of the molecule is CCN(CCC(=O)O)C(=O)N1CC(C)C(C)C1. The quantitative estimate of drug-likeness (QED) is 0.812. The molecule has 1 rings (SSSR count). The molecule has 17 heavy (non-hydrogen) atoms. The lowest BCUT2D eigenvalue weighted by molar-refractivity contribution is -0.137. The Morgan fingerprint density at radius 2 is 1.82 bits per heavy atom. The highest BCUT2D eigenvalue weighted by molar-refractivity contribution is 5.75. The molecule has 0 saturated carbocycles. The number of rotatable bonds is 4. The molecular formula is C12H22N2O3. The van der Waals surface area contributed by atoms with E-state index in [0.29, 0.717) is 24.9 Å². The molecule has 1 aliphatic heterocycles. The van der Waals surface area contributed by atoms with E-state index in [9.17, 15) is 9.59 Å². The molecule has 0 aliphatic carbocycles. The number of amides is 2. The lowest BCUT2D eigenvalue weighted by Crippen LogP contribution is -2.43. The molecule has 0 aromatic heterocycles. The molecule has 0 spiro atoms. The van der Waals surface area contributed by atoms with Crippen LogP contribution in [0.4, 0.5) is 4.79 Å². The topological polar surface area (TPSA) is 60.9 Å². The summed E-state index contributed by atoms with van der Waals surface area (Å²) >= 11 is 0. The molecule has 98 valence electrons. The number of carbonyl (C=O) groups excluding carboxylic acids is 1. The fraction of sp³-hybridized carbons (Fsp3) is 0.833. The molecule has 2 unspecified atom stereocenters. The lowest BCUT2D eigenvalue weighted by atomic mass is 10.0. The molecular weight excluding hydrogens is 220 g/mol. The van der Waals surface area contributed by atoms with Gasteiger partial charge in [-0.3, -0.25) is 4.79 Å². The van der Waals surface area contributed by atoms with Crippen molar-refractivity contribution in [1.29, 1.82) is 0 Å². The van der Waals surface area contributed by atoms with Gasteiger partial charge in [-0.1, -0.05) is 13.8 Å². The minimum Gasteiger partial charge on any atom is -0.481 e. The third-order valence-corrected chi connectivity index (χ3v) is 3.51. The summed E-state index contributed by atoms with van der Waals surface area (Å²) in [7, 11) is 0. The van der Waals surface area contributed by atoms with Crippen molar-refractivity contribution in [3.8, 4) is 0 Å². The first-order chi connectivity index (χ1) is 7.95. The number of carbonyl (C=O) groups is 2. The van der Waals surface area contributed by atoms with Crippen LogP contribution >= 0.6 is 0 Å². The average molecular weight is 242 g/mol. The van der Waals surface area contributed by atoms with Gasteiger partial charge in [0.1, 0.15) is 0 Å². The zero-order valence-corrected chi connectivity index (χ0v) is 10.8. The van der Waals surface area contributed by atoms with Crippen molar-refractivity contribution in [3.63, 3.8) is 0 Å². The van der Waals surface area contributed by atoms with Crippen LogP contribution in [0.3, 0.4) is 0 Å². The van der Waals surface area contributed by atoms with Gasteiger partial charge in [0, 0.05) is 26.2 Å². The van der Waals surface area contributed by atoms with Gasteiger partial charge in [0.15, 0.2) is 0 Å². The second kappa shape index (κ2) is 5.89. The normalized spacial score (nSPS) is 23.8. The summed E-state index contributed by atoms with van der Waals surface area (Å²) in [6.45, 7) is 8.59. The lowest BCUT2D eigenvalue weighted by Gasteiger charge is -2.26. The van der Waals surface area contributed by atoms with Crippen molar-refractivity contribution in [2.45, 2.75) is 27.2 Å². The summed E-state index contributed by atoms with van der Waals surface area (Å²) in [5.74, 6) is 0.189. The maximum absolute atomic E-state index is 12.1. The van der Waals surface area contributed by atoms with Crippen LogP contribution in [0.5, 0.6) is 0 Å². The van der Waals surface area contributed by atoms with Crippen LogP contribution in [-0.4, -0.2) is 53.1 Å². The van der Waals surface area contributed by atoms with Crippen LogP contribution in [0.2, 0.25) is 0 Å². The zero-order valence-electron chi connectivity index (χ0n) is 10.8. The molecule has 2 atom stereocenters. The Balaban J connectivity index is 2.52. The first-order valence-electron chi connectivity index (χ1n) is 6.21. The Hall–Kier alpha value is -1.26. The maximum Gasteiger partial charge on any atom is 0.320 e. The average Bonchev–Trinajstić information content (AvgIpc) is 2.59. The van der Waals surface area contributed by atoms with Gasteiger partial charge >= 0.3 is 12.0 Å². The summed E-state index contributed by atoms with van der Waals surface area (Å²) in [6.07, 6.45) is 0.0124. The van der Waals surface area contributed by atoms with Crippen LogP contribution in [0.25, 0.3) is 0 Å². The van der Waals surface area contributed by atoms with Gasteiger partial charge in [-0.2, -0.15) is 0 Å². The van der Waals surface area contributed by atoms with Gasteiger partial charge in [0.05, 0.1) is 6.42 Å². The molecule has 1 saturated heterocycles. The third-order valence-electron chi connectivity index (χ3n) is 3.51. The molecule has 0 aromatic carbocycles. The van der Waals surface area contributed by atoms with Gasteiger partial charge in [-0.25, -0.2) is 4.79 Å². The second-order valence-corrected chi connectivity index (χ2v) is 4.87. The summed E-state index contributed by atoms with van der Waals surface area (Å²) in [4.78, 5) is 26.1. The first kappa shape index (κ1) is 13.8. The number of nitrogens with zero attached hydrogens (tertiary/aromatic N) is 2. The molecule has 0 bridgehead atoms. The number of carboxylic acids is 1.